The number of anilines is 1. The fourth-order valence-electron chi connectivity index (χ4n) is 1.81. The molecule has 0 bridgehead atoms. The highest BCUT2D eigenvalue weighted by atomic mass is 15.0. The standard InChI is InChI=1S/C13H22N2/c1-4-9-13(3,10-14)15-12-8-6-5-7-11(12)2/h5-8,15H,4,9-10,14H2,1-3H3. The monoisotopic (exact) mass is 206 g/mol. The SMILES string of the molecule is CCCC(C)(CN)Nc1ccccc1C. The summed E-state index contributed by atoms with van der Waals surface area (Å²) in [5.41, 5.74) is 8.31. The molecule has 0 amide bonds. The molecule has 1 atom stereocenters. The lowest BCUT2D eigenvalue weighted by atomic mass is 9.95. The van der Waals surface area contributed by atoms with Crippen molar-refractivity contribution >= 4 is 5.69 Å². The molecule has 2 nitrogen and oxygen atoms in total. The van der Waals surface area contributed by atoms with Crippen molar-refractivity contribution in [3.8, 4) is 0 Å². The summed E-state index contributed by atoms with van der Waals surface area (Å²) < 4.78 is 0. The van der Waals surface area contributed by atoms with Crippen LogP contribution in [0.2, 0.25) is 0 Å². The van der Waals surface area contributed by atoms with Crippen LogP contribution in [0.5, 0.6) is 0 Å². The summed E-state index contributed by atoms with van der Waals surface area (Å²) in [6.07, 6.45) is 2.24. The fourth-order valence-corrected chi connectivity index (χ4v) is 1.81. The summed E-state index contributed by atoms with van der Waals surface area (Å²) in [5, 5.41) is 3.55. The van der Waals surface area contributed by atoms with Crippen molar-refractivity contribution in [2.45, 2.75) is 39.2 Å². The number of rotatable bonds is 5. The van der Waals surface area contributed by atoms with E-state index < -0.39 is 0 Å². The number of para-hydroxylation sites is 1. The summed E-state index contributed by atoms with van der Waals surface area (Å²) in [7, 11) is 0. The average molecular weight is 206 g/mol. The van der Waals surface area contributed by atoms with Crippen molar-refractivity contribution in [1.29, 1.82) is 0 Å². The molecule has 0 aliphatic carbocycles. The second-order valence-corrected chi connectivity index (χ2v) is 4.45. The molecule has 0 radical (unpaired) electrons. The van der Waals surface area contributed by atoms with Crippen LogP contribution in [0.15, 0.2) is 24.3 Å². The van der Waals surface area contributed by atoms with E-state index in [1.54, 1.807) is 0 Å². The fraction of sp³-hybridized carbons (Fsp3) is 0.538. The zero-order valence-corrected chi connectivity index (χ0v) is 10.0. The molecule has 0 saturated heterocycles. The van der Waals surface area contributed by atoms with Gasteiger partial charge in [-0.2, -0.15) is 0 Å². The van der Waals surface area contributed by atoms with Gasteiger partial charge >= 0.3 is 0 Å². The number of nitrogens with two attached hydrogens (primary N) is 1. The van der Waals surface area contributed by atoms with Crippen molar-refractivity contribution in [2.75, 3.05) is 11.9 Å². The van der Waals surface area contributed by atoms with Crippen LogP contribution < -0.4 is 11.1 Å². The summed E-state index contributed by atoms with van der Waals surface area (Å²) >= 11 is 0. The Morgan fingerprint density at radius 3 is 2.53 bits per heavy atom. The van der Waals surface area contributed by atoms with Gasteiger partial charge in [0, 0.05) is 17.8 Å². The summed E-state index contributed by atoms with van der Waals surface area (Å²) in [4.78, 5) is 0. The van der Waals surface area contributed by atoms with E-state index in [1.807, 2.05) is 0 Å². The molecule has 1 unspecified atom stereocenters. The van der Waals surface area contributed by atoms with Gasteiger partial charge in [0.25, 0.3) is 0 Å². The van der Waals surface area contributed by atoms with Gasteiger partial charge in [0.1, 0.15) is 0 Å². The molecule has 1 aromatic carbocycles. The number of nitrogens with one attached hydrogen (secondary N) is 1. The second kappa shape index (κ2) is 5.17. The van der Waals surface area contributed by atoms with E-state index >= 15 is 0 Å². The van der Waals surface area contributed by atoms with Crippen LogP contribution in [-0.2, 0) is 0 Å². The third kappa shape index (κ3) is 3.24. The molecule has 0 fully saturated rings. The van der Waals surface area contributed by atoms with Crippen LogP contribution in [0.1, 0.15) is 32.3 Å². The Balaban J connectivity index is 2.79. The highest BCUT2D eigenvalue weighted by Gasteiger charge is 2.21. The number of benzene rings is 1. The lowest BCUT2D eigenvalue weighted by Crippen LogP contribution is -2.42. The number of hydrogen-bond acceptors (Lipinski definition) is 2. The smallest absolute Gasteiger partial charge is 0.0467 e. The maximum atomic E-state index is 5.83. The summed E-state index contributed by atoms with van der Waals surface area (Å²) in [5.74, 6) is 0. The van der Waals surface area contributed by atoms with Crippen LogP contribution in [0.4, 0.5) is 5.69 Å². The molecule has 0 heterocycles. The average Bonchev–Trinajstić information content (AvgIpc) is 2.22. The zero-order valence-electron chi connectivity index (χ0n) is 10.0. The lowest BCUT2D eigenvalue weighted by Gasteiger charge is -2.31. The van der Waals surface area contributed by atoms with E-state index in [0.29, 0.717) is 6.54 Å². The molecule has 1 aromatic rings. The lowest BCUT2D eigenvalue weighted by molar-refractivity contribution is 0.476. The minimum absolute atomic E-state index is 0.0147. The van der Waals surface area contributed by atoms with Crippen molar-refractivity contribution in [3.63, 3.8) is 0 Å². The topological polar surface area (TPSA) is 38.0 Å². The van der Waals surface area contributed by atoms with Crippen LogP contribution in [-0.4, -0.2) is 12.1 Å². The Labute approximate surface area is 92.9 Å². The molecule has 3 N–H and O–H groups in total. The first-order valence-corrected chi connectivity index (χ1v) is 5.65. The molecule has 84 valence electrons. The second-order valence-electron chi connectivity index (χ2n) is 4.45. The molecule has 0 aromatic heterocycles. The molecule has 0 aliphatic heterocycles. The van der Waals surface area contributed by atoms with Crippen molar-refractivity contribution in [1.82, 2.24) is 0 Å². The largest absolute Gasteiger partial charge is 0.378 e. The van der Waals surface area contributed by atoms with E-state index in [1.165, 1.54) is 11.3 Å². The van der Waals surface area contributed by atoms with Gasteiger partial charge in [0.05, 0.1) is 0 Å². The molecule has 0 spiro atoms. The molecular formula is C13H22N2. The Morgan fingerprint density at radius 2 is 2.00 bits per heavy atom. The van der Waals surface area contributed by atoms with Crippen molar-refractivity contribution in [3.05, 3.63) is 29.8 Å². The van der Waals surface area contributed by atoms with Gasteiger partial charge in [-0.15, -0.1) is 0 Å². The molecule has 0 aliphatic rings. The number of hydrogen-bond donors (Lipinski definition) is 2. The normalized spacial score (nSPS) is 14.7. The third-order valence-electron chi connectivity index (χ3n) is 2.83. The Bertz CT molecular complexity index is 309. The van der Waals surface area contributed by atoms with Crippen LogP contribution in [0.3, 0.4) is 0 Å². The minimum atomic E-state index is 0.0147. The van der Waals surface area contributed by atoms with E-state index in [0.717, 1.165) is 12.8 Å². The van der Waals surface area contributed by atoms with Crippen molar-refractivity contribution < 1.29 is 0 Å². The Hall–Kier alpha value is -1.02. The van der Waals surface area contributed by atoms with E-state index in [2.05, 4.69) is 50.4 Å². The number of aryl methyl sites for hydroxylation is 1. The maximum absolute atomic E-state index is 5.83. The van der Waals surface area contributed by atoms with E-state index in [4.69, 9.17) is 5.73 Å². The van der Waals surface area contributed by atoms with Gasteiger partial charge in [-0.05, 0) is 31.9 Å². The summed E-state index contributed by atoms with van der Waals surface area (Å²) in [6, 6.07) is 8.34. The minimum Gasteiger partial charge on any atom is -0.378 e. The molecule has 1 rings (SSSR count). The third-order valence-corrected chi connectivity index (χ3v) is 2.83. The highest BCUT2D eigenvalue weighted by Crippen LogP contribution is 2.21. The molecule has 2 heteroatoms. The predicted molar refractivity (Wildman–Crippen MR) is 67.2 cm³/mol. The van der Waals surface area contributed by atoms with Gasteiger partial charge < -0.3 is 11.1 Å². The van der Waals surface area contributed by atoms with Gasteiger partial charge in [0.15, 0.2) is 0 Å². The summed E-state index contributed by atoms with van der Waals surface area (Å²) in [6.45, 7) is 7.15. The van der Waals surface area contributed by atoms with E-state index in [-0.39, 0.29) is 5.54 Å². The Morgan fingerprint density at radius 1 is 1.33 bits per heavy atom. The first kappa shape index (κ1) is 12.1. The van der Waals surface area contributed by atoms with Crippen LogP contribution in [0, 0.1) is 6.92 Å². The molecule has 0 saturated carbocycles. The highest BCUT2D eigenvalue weighted by molar-refractivity contribution is 5.52. The van der Waals surface area contributed by atoms with Gasteiger partial charge in [-0.3, -0.25) is 0 Å². The maximum Gasteiger partial charge on any atom is 0.0467 e. The van der Waals surface area contributed by atoms with Crippen LogP contribution in [0.25, 0.3) is 0 Å². The van der Waals surface area contributed by atoms with Gasteiger partial charge in [0.2, 0.25) is 0 Å². The first-order valence-electron chi connectivity index (χ1n) is 5.65. The molecular weight excluding hydrogens is 184 g/mol. The van der Waals surface area contributed by atoms with E-state index in [9.17, 15) is 0 Å². The zero-order chi connectivity index (χ0) is 11.3. The molecule has 15 heavy (non-hydrogen) atoms. The van der Waals surface area contributed by atoms with Gasteiger partial charge in [-0.1, -0.05) is 31.5 Å². The Kier molecular flexibility index (Phi) is 4.15. The van der Waals surface area contributed by atoms with Crippen molar-refractivity contribution in [2.24, 2.45) is 5.73 Å². The van der Waals surface area contributed by atoms with Gasteiger partial charge in [-0.25, -0.2) is 0 Å². The quantitative estimate of drug-likeness (QED) is 0.777. The van der Waals surface area contributed by atoms with Crippen LogP contribution >= 0.6 is 0 Å². The first-order chi connectivity index (χ1) is 7.11. The predicted octanol–water partition coefficient (Wildman–Crippen LogP) is 2.92.